The smallest absolute Gasteiger partial charge is 0.184 e. The molecular weight excluding hydrogens is 276 g/mol. The van der Waals surface area contributed by atoms with Gasteiger partial charge in [-0.05, 0) is 38.3 Å². The van der Waals surface area contributed by atoms with Gasteiger partial charge in [0, 0.05) is 17.8 Å². The number of aliphatic hydroxyl groups excluding tert-OH is 1. The van der Waals surface area contributed by atoms with Crippen molar-refractivity contribution in [3.63, 3.8) is 0 Å². The number of hydrogen-bond donors (Lipinski definition) is 1. The number of carbonyl (C=O) groups is 2. The van der Waals surface area contributed by atoms with Crippen molar-refractivity contribution >= 4 is 11.6 Å². The molecule has 0 unspecified atom stereocenters. The normalized spacial score (nSPS) is 15.0. The number of hydrogen-bond acceptors (Lipinski definition) is 3. The van der Waals surface area contributed by atoms with Gasteiger partial charge in [-0.3, -0.25) is 9.59 Å². The van der Waals surface area contributed by atoms with Crippen LogP contribution >= 0.6 is 0 Å². The first-order valence-electron chi connectivity index (χ1n) is 8.73. The molecule has 0 aromatic carbocycles. The van der Waals surface area contributed by atoms with Gasteiger partial charge in [0.25, 0.3) is 0 Å². The maximum absolute atomic E-state index is 11.9. The molecule has 3 heteroatoms. The van der Waals surface area contributed by atoms with Gasteiger partial charge < -0.3 is 5.11 Å². The first-order chi connectivity index (χ1) is 10.6. The summed E-state index contributed by atoms with van der Waals surface area (Å²) in [4.78, 5) is 23.3. The Bertz CT molecular complexity index is 418. The van der Waals surface area contributed by atoms with Crippen LogP contribution in [-0.4, -0.2) is 23.3 Å². The van der Waals surface area contributed by atoms with Crippen LogP contribution in [0.2, 0.25) is 0 Å². The lowest BCUT2D eigenvalue weighted by Gasteiger charge is -2.10. The zero-order valence-electron chi connectivity index (χ0n) is 13.9. The van der Waals surface area contributed by atoms with Crippen molar-refractivity contribution in [2.45, 2.75) is 77.6 Å². The average Bonchev–Trinajstić information content (AvgIpc) is 2.49. The number of ketones is 2. The highest BCUT2D eigenvalue weighted by atomic mass is 16.2. The maximum Gasteiger partial charge on any atom is 0.184 e. The van der Waals surface area contributed by atoms with Crippen LogP contribution in [0.5, 0.6) is 0 Å². The fraction of sp³-hybridized carbons (Fsp3) is 0.684. The molecule has 0 aromatic rings. The van der Waals surface area contributed by atoms with Crippen molar-refractivity contribution in [1.29, 1.82) is 0 Å². The SMILES string of the molecule is CC1=CC(=O)C=C(CCCCCCCCCCCCO)C1=O. The summed E-state index contributed by atoms with van der Waals surface area (Å²) in [6.07, 6.45) is 15.4. The highest BCUT2D eigenvalue weighted by molar-refractivity contribution is 6.19. The van der Waals surface area contributed by atoms with Gasteiger partial charge in [-0.1, -0.05) is 51.4 Å². The zero-order chi connectivity index (χ0) is 16.2. The number of Topliss-reactive ketones (excluding diaryl/α,β-unsaturated/α-hetero) is 1. The number of unbranched alkanes of at least 4 members (excludes halogenated alkanes) is 9. The Kier molecular flexibility index (Phi) is 9.72. The Morgan fingerprint density at radius 3 is 1.82 bits per heavy atom. The van der Waals surface area contributed by atoms with Gasteiger partial charge in [-0.2, -0.15) is 0 Å². The molecule has 1 N–H and O–H groups in total. The molecule has 0 bridgehead atoms. The predicted octanol–water partition coefficient (Wildman–Crippen LogP) is 4.29. The lowest BCUT2D eigenvalue weighted by Crippen LogP contribution is -2.12. The summed E-state index contributed by atoms with van der Waals surface area (Å²) in [7, 11) is 0. The third-order valence-corrected chi connectivity index (χ3v) is 4.18. The molecule has 0 radical (unpaired) electrons. The topological polar surface area (TPSA) is 54.4 Å². The molecule has 1 aliphatic rings. The second-order valence-corrected chi connectivity index (χ2v) is 6.24. The molecule has 0 heterocycles. The highest BCUT2D eigenvalue weighted by Gasteiger charge is 2.17. The van der Waals surface area contributed by atoms with E-state index in [2.05, 4.69) is 0 Å². The van der Waals surface area contributed by atoms with Gasteiger partial charge in [0.15, 0.2) is 11.6 Å². The molecule has 0 saturated carbocycles. The first-order valence-corrected chi connectivity index (χ1v) is 8.73. The molecule has 1 aliphatic carbocycles. The Morgan fingerprint density at radius 2 is 1.27 bits per heavy atom. The van der Waals surface area contributed by atoms with E-state index in [1.165, 1.54) is 50.7 Å². The van der Waals surface area contributed by atoms with Gasteiger partial charge >= 0.3 is 0 Å². The van der Waals surface area contributed by atoms with Crippen molar-refractivity contribution in [3.8, 4) is 0 Å². The molecule has 0 aliphatic heterocycles. The zero-order valence-corrected chi connectivity index (χ0v) is 13.9. The summed E-state index contributed by atoms with van der Waals surface area (Å²) in [6, 6.07) is 0. The molecule has 0 amide bonds. The van der Waals surface area contributed by atoms with E-state index < -0.39 is 0 Å². The fourth-order valence-corrected chi connectivity index (χ4v) is 2.84. The van der Waals surface area contributed by atoms with E-state index >= 15 is 0 Å². The standard InChI is InChI=1S/C19H30O3/c1-16-14-18(21)15-17(19(16)22)12-10-8-6-4-2-3-5-7-9-11-13-20/h14-15,20H,2-13H2,1H3. The molecule has 124 valence electrons. The molecule has 0 aromatic heterocycles. The monoisotopic (exact) mass is 306 g/mol. The third-order valence-electron chi connectivity index (χ3n) is 4.18. The van der Waals surface area contributed by atoms with Crippen LogP contribution in [0.15, 0.2) is 23.3 Å². The van der Waals surface area contributed by atoms with Crippen LogP contribution in [0.4, 0.5) is 0 Å². The molecule has 0 atom stereocenters. The first kappa shape index (κ1) is 18.8. The quantitative estimate of drug-likeness (QED) is 0.432. The van der Waals surface area contributed by atoms with Gasteiger partial charge in [-0.15, -0.1) is 0 Å². The Hall–Kier alpha value is -1.22. The van der Waals surface area contributed by atoms with Crippen LogP contribution in [0.3, 0.4) is 0 Å². The maximum atomic E-state index is 11.9. The number of aliphatic hydroxyl groups is 1. The molecule has 22 heavy (non-hydrogen) atoms. The molecule has 0 saturated heterocycles. The Morgan fingerprint density at radius 1 is 0.773 bits per heavy atom. The molecule has 0 spiro atoms. The van der Waals surface area contributed by atoms with Gasteiger partial charge in [0.1, 0.15) is 0 Å². The van der Waals surface area contributed by atoms with E-state index in [1.54, 1.807) is 6.92 Å². The number of carbonyl (C=O) groups excluding carboxylic acids is 2. The predicted molar refractivity (Wildman–Crippen MR) is 89.7 cm³/mol. The Labute approximate surface area is 134 Å². The van der Waals surface area contributed by atoms with Crippen LogP contribution < -0.4 is 0 Å². The molecular formula is C19H30O3. The Balaban J connectivity index is 1.98. The van der Waals surface area contributed by atoms with Crippen molar-refractivity contribution < 1.29 is 14.7 Å². The number of allylic oxidation sites excluding steroid dienone is 4. The van der Waals surface area contributed by atoms with E-state index in [1.807, 2.05) is 0 Å². The summed E-state index contributed by atoms with van der Waals surface area (Å²) < 4.78 is 0. The van der Waals surface area contributed by atoms with Crippen LogP contribution in [0.25, 0.3) is 0 Å². The summed E-state index contributed by atoms with van der Waals surface area (Å²) >= 11 is 0. The van der Waals surface area contributed by atoms with Crippen molar-refractivity contribution in [3.05, 3.63) is 23.3 Å². The minimum Gasteiger partial charge on any atom is -0.396 e. The van der Waals surface area contributed by atoms with Gasteiger partial charge in [0.05, 0.1) is 0 Å². The summed E-state index contributed by atoms with van der Waals surface area (Å²) in [5.41, 5.74) is 1.26. The fourth-order valence-electron chi connectivity index (χ4n) is 2.84. The third kappa shape index (κ3) is 7.69. The largest absolute Gasteiger partial charge is 0.396 e. The summed E-state index contributed by atoms with van der Waals surface area (Å²) in [6.45, 7) is 2.04. The van der Waals surface area contributed by atoms with Gasteiger partial charge in [0.2, 0.25) is 0 Å². The van der Waals surface area contributed by atoms with Crippen LogP contribution in [0.1, 0.15) is 77.6 Å². The minimum absolute atomic E-state index is 0.0440. The molecule has 0 fully saturated rings. The van der Waals surface area contributed by atoms with Crippen LogP contribution in [-0.2, 0) is 9.59 Å². The van der Waals surface area contributed by atoms with Crippen molar-refractivity contribution in [1.82, 2.24) is 0 Å². The summed E-state index contributed by atoms with van der Waals surface area (Å²) in [5.74, 6) is -0.00391. The lowest BCUT2D eigenvalue weighted by molar-refractivity contribution is -0.115. The lowest BCUT2D eigenvalue weighted by atomic mass is 9.93. The average molecular weight is 306 g/mol. The van der Waals surface area contributed by atoms with Crippen molar-refractivity contribution in [2.75, 3.05) is 6.61 Å². The van der Waals surface area contributed by atoms with E-state index in [4.69, 9.17) is 5.11 Å². The molecule has 1 rings (SSSR count). The summed E-state index contributed by atoms with van der Waals surface area (Å²) in [5, 5.41) is 8.68. The molecule has 3 nitrogen and oxygen atoms in total. The van der Waals surface area contributed by atoms with Crippen LogP contribution in [0, 0.1) is 0 Å². The minimum atomic E-state index is -0.0479. The highest BCUT2D eigenvalue weighted by Crippen LogP contribution is 2.19. The van der Waals surface area contributed by atoms with E-state index in [-0.39, 0.29) is 11.6 Å². The second-order valence-electron chi connectivity index (χ2n) is 6.24. The van der Waals surface area contributed by atoms with E-state index in [9.17, 15) is 9.59 Å². The number of rotatable bonds is 12. The van der Waals surface area contributed by atoms with E-state index in [0.717, 1.165) is 32.1 Å². The second kappa shape index (κ2) is 11.4. The van der Waals surface area contributed by atoms with E-state index in [0.29, 0.717) is 17.8 Å². The van der Waals surface area contributed by atoms with Gasteiger partial charge in [-0.25, -0.2) is 0 Å². The van der Waals surface area contributed by atoms with Crippen molar-refractivity contribution in [2.24, 2.45) is 0 Å².